The van der Waals surface area contributed by atoms with Crippen LogP contribution in [0.25, 0.3) is 0 Å². The van der Waals surface area contributed by atoms with Gasteiger partial charge in [-0.05, 0) is 45.1 Å². The normalized spacial score (nSPS) is 22.5. The van der Waals surface area contributed by atoms with Gasteiger partial charge in [-0.15, -0.1) is 0 Å². The van der Waals surface area contributed by atoms with Gasteiger partial charge in [0.05, 0.1) is 24.0 Å². The van der Waals surface area contributed by atoms with Crippen molar-refractivity contribution in [2.24, 2.45) is 22.7 Å². The highest BCUT2D eigenvalue weighted by molar-refractivity contribution is 5.72. The number of hydrogen-bond donors (Lipinski definition) is 2. The average Bonchev–Trinajstić information content (AvgIpc) is 3.06. The van der Waals surface area contributed by atoms with Gasteiger partial charge in [-0.3, -0.25) is 4.79 Å². The molecule has 0 spiro atoms. The van der Waals surface area contributed by atoms with E-state index in [2.05, 4.69) is 19.6 Å². The van der Waals surface area contributed by atoms with E-state index in [0.29, 0.717) is 25.4 Å². The topological polar surface area (TPSA) is 126 Å². The molecule has 2 rings (SSSR count). The number of hydrogen-bond acceptors (Lipinski definition) is 7. The molecule has 8 nitrogen and oxygen atoms in total. The third-order valence-electron chi connectivity index (χ3n) is 4.55. The molecular formula is C15H25N5O3. The largest absolute Gasteiger partial charge is 0.373 e. The second kappa shape index (κ2) is 8.73. The number of carbonyl (C=O) groups excluding carboxylic acids is 1. The van der Waals surface area contributed by atoms with Gasteiger partial charge in [0.1, 0.15) is 0 Å². The molecule has 0 radical (unpaired) electrons. The Balaban J connectivity index is 1.95. The van der Waals surface area contributed by atoms with Crippen molar-refractivity contribution >= 4 is 5.97 Å². The van der Waals surface area contributed by atoms with Gasteiger partial charge >= 0.3 is 5.97 Å². The van der Waals surface area contributed by atoms with Gasteiger partial charge in [0.15, 0.2) is 0 Å². The van der Waals surface area contributed by atoms with E-state index in [4.69, 9.17) is 11.6 Å². The van der Waals surface area contributed by atoms with Crippen LogP contribution >= 0.6 is 0 Å². The summed E-state index contributed by atoms with van der Waals surface area (Å²) in [6.45, 7) is 0.525. The molecule has 0 bridgehead atoms. The number of carbonyl (C=O) groups is 1. The quantitative estimate of drug-likeness (QED) is 0.551. The van der Waals surface area contributed by atoms with Crippen LogP contribution in [0.4, 0.5) is 0 Å². The minimum Gasteiger partial charge on any atom is -0.373 e. The monoisotopic (exact) mass is 323 g/mol. The van der Waals surface area contributed by atoms with Gasteiger partial charge in [-0.1, -0.05) is 5.18 Å². The fraction of sp³-hybridized carbons (Fsp3) is 0.733. The van der Waals surface area contributed by atoms with Crippen LogP contribution in [0.5, 0.6) is 0 Å². The highest BCUT2D eigenvalue weighted by Gasteiger charge is 2.24. The van der Waals surface area contributed by atoms with Crippen molar-refractivity contribution in [1.29, 1.82) is 0 Å². The first-order valence-corrected chi connectivity index (χ1v) is 8.13. The van der Waals surface area contributed by atoms with Crippen molar-refractivity contribution < 1.29 is 9.63 Å². The first kappa shape index (κ1) is 17.6. The lowest BCUT2D eigenvalue weighted by atomic mass is 9.91. The maximum Gasteiger partial charge on any atom is 0.327 e. The fourth-order valence-electron chi connectivity index (χ4n) is 3.16. The van der Waals surface area contributed by atoms with Crippen molar-refractivity contribution in [3.05, 3.63) is 23.1 Å². The van der Waals surface area contributed by atoms with E-state index < -0.39 is 5.97 Å². The maximum absolute atomic E-state index is 11.7. The van der Waals surface area contributed by atoms with E-state index in [1.807, 2.05) is 6.20 Å². The van der Waals surface area contributed by atoms with Crippen LogP contribution in [0.2, 0.25) is 0 Å². The first-order valence-electron chi connectivity index (χ1n) is 8.13. The molecule has 0 aromatic carbocycles. The Morgan fingerprint density at radius 1 is 1.43 bits per heavy atom. The summed E-state index contributed by atoms with van der Waals surface area (Å²) in [5.74, 6) is 4.26. The van der Waals surface area contributed by atoms with Crippen LogP contribution in [0.15, 0.2) is 17.7 Å². The summed E-state index contributed by atoms with van der Waals surface area (Å²) in [5, 5.41) is 3.13. The van der Waals surface area contributed by atoms with E-state index in [0.717, 1.165) is 37.8 Å². The minimum absolute atomic E-state index is 0.0470. The molecule has 128 valence electrons. The van der Waals surface area contributed by atoms with Gasteiger partial charge in [-0.2, -0.15) is 10.8 Å². The molecule has 1 aromatic heterocycles. The Hall–Kier alpha value is -1.80. The standard InChI is InChI=1S/C15H25N5O3/c16-7-1-2-11(15(21)23-17)8-13-9-20(10-18-13)14-5-3-12(19-22)4-6-14/h9-12,14H,1-8,16-17H2. The van der Waals surface area contributed by atoms with Crippen molar-refractivity contribution in [1.82, 2.24) is 9.55 Å². The Bertz CT molecular complexity index is 511. The third kappa shape index (κ3) is 4.84. The van der Waals surface area contributed by atoms with E-state index in [1.54, 1.807) is 6.33 Å². The number of aromatic nitrogens is 2. The van der Waals surface area contributed by atoms with Crippen LogP contribution in [0, 0.1) is 10.8 Å². The molecule has 1 fully saturated rings. The van der Waals surface area contributed by atoms with Gasteiger partial charge in [0.25, 0.3) is 0 Å². The summed E-state index contributed by atoms with van der Waals surface area (Å²) in [7, 11) is 0. The Morgan fingerprint density at radius 2 is 2.17 bits per heavy atom. The molecule has 1 saturated carbocycles. The van der Waals surface area contributed by atoms with Crippen molar-refractivity contribution in [2.45, 2.75) is 57.0 Å². The van der Waals surface area contributed by atoms with Gasteiger partial charge < -0.3 is 15.1 Å². The SMILES string of the molecule is NCCCC(Cc1cn(C2CCC(N=O)CC2)cn1)C(=O)ON. The fourth-order valence-corrected chi connectivity index (χ4v) is 3.16. The van der Waals surface area contributed by atoms with Crippen molar-refractivity contribution in [3.63, 3.8) is 0 Å². The zero-order valence-corrected chi connectivity index (χ0v) is 13.3. The summed E-state index contributed by atoms with van der Waals surface area (Å²) in [6.07, 6.45) is 9.12. The second-order valence-corrected chi connectivity index (χ2v) is 6.15. The number of nitrogens with zero attached hydrogens (tertiary/aromatic N) is 3. The van der Waals surface area contributed by atoms with Crippen molar-refractivity contribution in [3.8, 4) is 0 Å². The molecule has 1 heterocycles. The van der Waals surface area contributed by atoms with Crippen LogP contribution in [0.1, 0.15) is 50.3 Å². The molecule has 0 aliphatic heterocycles. The molecular weight excluding hydrogens is 298 g/mol. The molecule has 1 aliphatic carbocycles. The van der Waals surface area contributed by atoms with E-state index in [9.17, 15) is 9.70 Å². The second-order valence-electron chi connectivity index (χ2n) is 6.15. The average molecular weight is 323 g/mol. The summed E-state index contributed by atoms with van der Waals surface area (Å²) in [5.41, 5.74) is 6.34. The Morgan fingerprint density at radius 3 is 2.78 bits per heavy atom. The van der Waals surface area contributed by atoms with Crippen LogP contribution in [0.3, 0.4) is 0 Å². The molecule has 1 unspecified atom stereocenters. The minimum atomic E-state index is -0.425. The highest BCUT2D eigenvalue weighted by atomic mass is 16.7. The van der Waals surface area contributed by atoms with Gasteiger partial charge in [0, 0.05) is 18.7 Å². The summed E-state index contributed by atoms with van der Waals surface area (Å²) in [4.78, 5) is 31.1. The van der Waals surface area contributed by atoms with Crippen molar-refractivity contribution in [2.75, 3.05) is 6.54 Å². The lowest BCUT2D eigenvalue weighted by Crippen LogP contribution is -2.24. The summed E-state index contributed by atoms with van der Waals surface area (Å²) >= 11 is 0. The Labute approximate surface area is 135 Å². The molecule has 4 N–H and O–H groups in total. The smallest absolute Gasteiger partial charge is 0.327 e. The van der Waals surface area contributed by atoms with Gasteiger partial charge in [-0.25, -0.2) is 4.98 Å². The number of imidazole rings is 1. The number of rotatable bonds is 8. The number of nitrogens with two attached hydrogens (primary N) is 2. The van der Waals surface area contributed by atoms with E-state index in [1.165, 1.54) is 0 Å². The third-order valence-corrected chi connectivity index (χ3v) is 4.55. The molecule has 1 aliphatic rings. The molecule has 23 heavy (non-hydrogen) atoms. The molecule has 0 saturated heterocycles. The van der Waals surface area contributed by atoms with Crippen LogP contribution in [-0.4, -0.2) is 28.1 Å². The van der Waals surface area contributed by atoms with Crippen LogP contribution < -0.4 is 11.6 Å². The Kier molecular flexibility index (Phi) is 6.66. The molecule has 1 atom stereocenters. The van der Waals surface area contributed by atoms with E-state index in [-0.39, 0.29) is 12.0 Å². The molecule has 1 aromatic rings. The lowest BCUT2D eigenvalue weighted by molar-refractivity contribution is -0.149. The maximum atomic E-state index is 11.7. The predicted octanol–water partition coefficient (Wildman–Crippen LogP) is 1.45. The lowest BCUT2D eigenvalue weighted by Gasteiger charge is -2.25. The summed E-state index contributed by atoms with van der Waals surface area (Å²) < 4.78 is 2.07. The predicted molar refractivity (Wildman–Crippen MR) is 85.1 cm³/mol. The van der Waals surface area contributed by atoms with Crippen LogP contribution in [-0.2, 0) is 16.1 Å². The highest BCUT2D eigenvalue weighted by Crippen LogP contribution is 2.30. The number of nitroso groups, excluding NO2 is 1. The zero-order valence-electron chi connectivity index (χ0n) is 13.3. The zero-order chi connectivity index (χ0) is 16.7. The van der Waals surface area contributed by atoms with E-state index >= 15 is 0 Å². The molecule has 0 amide bonds. The first-order chi connectivity index (χ1) is 11.2. The molecule has 8 heteroatoms. The summed E-state index contributed by atoms with van der Waals surface area (Å²) in [6, 6.07) is 0.299. The van der Waals surface area contributed by atoms with Gasteiger partial charge in [0.2, 0.25) is 0 Å².